The Labute approximate surface area is 108 Å². The van der Waals surface area contributed by atoms with Gasteiger partial charge in [0, 0.05) is 18.0 Å². The fraction of sp³-hybridized carbons (Fsp3) is 0.273. The van der Waals surface area contributed by atoms with Crippen LogP contribution >= 0.6 is 11.8 Å². The van der Waals surface area contributed by atoms with E-state index in [1.807, 2.05) is 0 Å². The van der Waals surface area contributed by atoms with Gasteiger partial charge >= 0.3 is 5.97 Å². The number of rotatable bonds is 4. The third kappa shape index (κ3) is 2.86. The van der Waals surface area contributed by atoms with Crippen LogP contribution in [0.5, 0.6) is 0 Å². The second-order valence-corrected chi connectivity index (χ2v) is 4.68. The quantitative estimate of drug-likeness (QED) is 0.616. The van der Waals surface area contributed by atoms with Gasteiger partial charge in [-0.15, -0.1) is 10.2 Å². The summed E-state index contributed by atoms with van der Waals surface area (Å²) in [5.41, 5.74) is 0.787. The summed E-state index contributed by atoms with van der Waals surface area (Å²) in [5.74, 6) is 0.0700. The van der Waals surface area contributed by atoms with Crippen molar-refractivity contribution < 1.29 is 13.9 Å². The SMILES string of the molecule is COC(=O)[C@@H](C)Sc1nnc(-c2ccncc2)o1. The van der Waals surface area contributed by atoms with Crippen molar-refractivity contribution in [2.75, 3.05) is 7.11 Å². The van der Waals surface area contributed by atoms with Gasteiger partial charge in [-0.1, -0.05) is 11.8 Å². The van der Waals surface area contributed by atoms with Crippen LogP contribution in [0.2, 0.25) is 0 Å². The van der Waals surface area contributed by atoms with Crippen LogP contribution < -0.4 is 0 Å². The van der Waals surface area contributed by atoms with Crippen LogP contribution in [0.25, 0.3) is 11.5 Å². The molecule has 7 heteroatoms. The number of hydrogen-bond donors (Lipinski definition) is 0. The number of thioether (sulfide) groups is 1. The summed E-state index contributed by atoms with van der Waals surface area (Å²) in [4.78, 5) is 15.2. The zero-order chi connectivity index (χ0) is 13.0. The molecule has 94 valence electrons. The highest BCUT2D eigenvalue weighted by Crippen LogP contribution is 2.26. The Hall–Kier alpha value is -1.89. The summed E-state index contributed by atoms with van der Waals surface area (Å²) in [6.07, 6.45) is 3.28. The fourth-order valence-corrected chi connectivity index (χ4v) is 1.94. The molecule has 2 heterocycles. The van der Waals surface area contributed by atoms with Gasteiger partial charge in [-0.3, -0.25) is 9.78 Å². The van der Waals surface area contributed by atoms with Crippen LogP contribution in [0, 0.1) is 0 Å². The van der Waals surface area contributed by atoms with Gasteiger partial charge in [0.2, 0.25) is 5.89 Å². The Morgan fingerprint density at radius 3 is 2.78 bits per heavy atom. The lowest BCUT2D eigenvalue weighted by molar-refractivity contribution is -0.139. The first-order valence-electron chi connectivity index (χ1n) is 5.19. The van der Waals surface area contributed by atoms with E-state index < -0.39 is 0 Å². The lowest BCUT2D eigenvalue weighted by atomic mass is 10.3. The molecule has 18 heavy (non-hydrogen) atoms. The van der Waals surface area contributed by atoms with E-state index in [4.69, 9.17) is 4.42 Å². The third-order valence-electron chi connectivity index (χ3n) is 2.14. The average molecular weight is 265 g/mol. The molecule has 0 bridgehead atoms. The fourth-order valence-electron chi connectivity index (χ4n) is 1.23. The number of esters is 1. The molecule has 2 aromatic rings. The maximum absolute atomic E-state index is 11.3. The Morgan fingerprint density at radius 2 is 2.11 bits per heavy atom. The van der Waals surface area contributed by atoms with Crippen molar-refractivity contribution in [1.82, 2.24) is 15.2 Å². The number of nitrogens with zero attached hydrogens (tertiary/aromatic N) is 3. The second kappa shape index (κ2) is 5.63. The van der Waals surface area contributed by atoms with Gasteiger partial charge in [0.25, 0.3) is 5.22 Å². The van der Waals surface area contributed by atoms with E-state index >= 15 is 0 Å². The van der Waals surface area contributed by atoms with Crippen LogP contribution in [0.15, 0.2) is 34.2 Å². The van der Waals surface area contributed by atoms with E-state index in [2.05, 4.69) is 19.9 Å². The van der Waals surface area contributed by atoms with Crippen LogP contribution in [-0.4, -0.2) is 33.5 Å². The lowest BCUT2D eigenvalue weighted by Crippen LogP contribution is -2.14. The van der Waals surface area contributed by atoms with Crippen molar-refractivity contribution in [2.24, 2.45) is 0 Å². The van der Waals surface area contributed by atoms with Gasteiger partial charge in [0.05, 0.1) is 7.11 Å². The molecule has 0 aliphatic rings. The summed E-state index contributed by atoms with van der Waals surface area (Å²) in [6, 6.07) is 3.54. The molecule has 0 aliphatic carbocycles. The molecule has 0 amide bonds. The first-order chi connectivity index (χ1) is 8.70. The number of carbonyl (C=O) groups excluding carboxylic acids is 1. The van der Waals surface area contributed by atoms with Gasteiger partial charge in [-0.05, 0) is 19.1 Å². The Kier molecular flexibility index (Phi) is 3.93. The maximum Gasteiger partial charge on any atom is 0.319 e. The Bertz CT molecular complexity index is 529. The standard InChI is InChI=1S/C11H11N3O3S/c1-7(10(15)16-2)18-11-14-13-9(17-11)8-3-5-12-6-4-8/h3-7H,1-2H3/t7-/m1/s1. The molecule has 6 nitrogen and oxygen atoms in total. The average Bonchev–Trinajstić information content (AvgIpc) is 2.87. The lowest BCUT2D eigenvalue weighted by Gasteiger charge is -2.04. The number of hydrogen-bond acceptors (Lipinski definition) is 7. The topological polar surface area (TPSA) is 78.1 Å². The van der Waals surface area contributed by atoms with E-state index in [0.29, 0.717) is 11.1 Å². The molecule has 0 radical (unpaired) electrons. The predicted molar refractivity (Wildman–Crippen MR) is 64.9 cm³/mol. The van der Waals surface area contributed by atoms with E-state index in [9.17, 15) is 4.79 Å². The Balaban J connectivity index is 2.09. The normalized spacial score (nSPS) is 12.1. The number of pyridine rings is 1. The second-order valence-electron chi connectivity index (χ2n) is 3.39. The van der Waals surface area contributed by atoms with Crippen molar-refractivity contribution in [2.45, 2.75) is 17.4 Å². The Morgan fingerprint density at radius 1 is 1.39 bits per heavy atom. The van der Waals surface area contributed by atoms with Gasteiger partial charge in [-0.2, -0.15) is 0 Å². The van der Waals surface area contributed by atoms with Crippen molar-refractivity contribution in [3.05, 3.63) is 24.5 Å². The molecule has 0 spiro atoms. The number of ether oxygens (including phenoxy) is 1. The predicted octanol–water partition coefficient (Wildman–Crippen LogP) is 1.79. The summed E-state index contributed by atoms with van der Waals surface area (Å²) >= 11 is 1.16. The molecular weight excluding hydrogens is 254 g/mol. The van der Waals surface area contributed by atoms with E-state index in [-0.39, 0.29) is 11.2 Å². The van der Waals surface area contributed by atoms with Crippen LogP contribution in [0.4, 0.5) is 0 Å². The molecule has 0 aliphatic heterocycles. The first kappa shape index (κ1) is 12.6. The van der Waals surface area contributed by atoms with E-state index in [0.717, 1.165) is 17.3 Å². The smallest absolute Gasteiger partial charge is 0.319 e. The highest BCUT2D eigenvalue weighted by molar-refractivity contribution is 8.00. The molecule has 2 aromatic heterocycles. The molecule has 0 fully saturated rings. The van der Waals surface area contributed by atoms with E-state index in [1.165, 1.54) is 7.11 Å². The molecule has 0 saturated heterocycles. The van der Waals surface area contributed by atoms with Crippen LogP contribution in [-0.2, 0) is 9.53 Å². The largest absolute Gasteiger partial charge is 0.468 e. The monoisotopic (exact) mass is 265 g/mol. The minimum Gasteiger partial charge on any atom is -0.468 e. The molecular formula is C11H11N3O3S. The third-order valence-corrected chi connectivity index (χ3v) is 3.06. The summed E-state index contributed by atoms with van der Waals surface area (Å²) < 4.78 is 10.1. The minimum atomic E-state index is -0.388. The summed E-state index contributed by atoms with van der Waals surface area (Å²) in [6.45, 7) is 1.72. The molecule has 1 atom stereocenters. The highest BCUT2D eigenvalue weighted by Gasteiger charge is 2.18. The van der Waals surface area contributed by atoms with Crippen LogP contribution in [0.3, 0.4) is 0 Å². The van der Waals surface area contributed by atoms with Crippen LogP contribution in [0.1, 0.15) is 6.92 Å². The minimum absolute atomic E-state index is 0.330. The highest BCUT2D eigenvalue weighted by atomic mass is 32.2. The zero-order valence-electron chi connectivity index (χ0n) is 9.86. The number of aromatic nitrogens is 3. The molecule has 2 rings (SSSR count). The molecule has 0 aromatic carbocycles. The van der Waals surface area contributed by atoms with Gasteiger partial charge in [0.1, 0.15) is 5.25 Å². The number of carbonyl (C=O) groups is 1. The van der Waals surface area contributed by atoms with Crippen molar-refractivity contribution in [3.63, 3.8) is 0 Å². The summed E-state index contributed by atoms with van der Waals surface area (Å²) in [5, 5.41) is 7.72. The van der Waals surface area contributed by atoms with Crippen molar-refractivity contribution >= 4 is 17.7 Å². The first-order valence-corrected chi connectivity index (χ1v) is 6.07. The summed E-state index contributed by atoms with van der Waals surface area (Å²) in [7, 11) is 1.34. The molecule has 0 saturated carbocycles. The van der Waals surface area contributed by atoms with Gasteiger partial charge < -0.3 is 9.15 Å². The maximum atomic E-state index is 11.3. The van der Waals surface area contributed by atoms with Gasteiger partial charge in [-0.25, -0.2) is 0 Å². The van der Waals surface area contributed by atoms with E-state index in [1.54, 1.807) is 31.5 Å². The number of methoxy groups -OCH3 is 1. The van der Waals surface area contributed by atoms with Crippen molar-refractivity contribution in [1.29, 1.82) is 0 Å². The molecule has 0 unspecified atom stereocenters. The zero-order valence-corrected chi connectivity index (χ0v) is 10.7. The van der Waals surface area contributed by atoms with Gasteiger partial charge in [0.15, 0.2) is 0 Å². The molecule has 0 N–H and O–H groups in total. The van der Waals surface area contributed by atoms with Crippen molar-refractivity contribution in [3.8, 4) is 11.5 Å².